The Morgan fingerprint density at radius 3 is 1.90 bits per heavy atom. The van der Waals surface area contributed by atoms with Crippen molar-refractivity contribution in [2.75, 3.05) is 0 Å². The second kappa shape index (κ2) is 7.95. The van der Waals surface area contributed by atoms with Crippen molar-refractivity contribution >= 4 is 32.3 Å². The van der Waals surface area contributed by atoms with Crippen LogP contribution < -0.4 is 0 Å². The van der Waals surface area contributed by atoms with Gasteiger partial charge in [-0.05, 0) is 83.0 Å². The summed E-state index contributed by atoms with van der Waals surface area (Å²) in [5.41, 5.74) is 5.83. The van der Waals surface area contributed by atoms with E-state index in [2.05, 4.69) is 98.8 Å². The van der Waals surface area contributed by atoms with Crippen molar-refractivity contribution in [3.8, 4) is 0 Å². The molecule has 0 atom stereocenters. The minimum absolute atomic E-state index is 1.25. The van der Waals surface area contributed by atoms with Gasteiger partial charge in [-0.1, -0.05) is 96.1 Å². The summed E-state index contributed by atoms with van der Waals surface area (Å²) < 4.78 is 0. The third kappa shape index (κ3) is 3.59. The van der Waals surface area contributed by atoms with Crippen molar-refractivity contribution in [2.45, 2.75) is 39.5 Å². The highest BCUT2D eigenvalue weighted by Gasteiger charge is 2.13. The van der Waals surface area contributed by atoms with E-state index in [-0.39, 0.29) is 0 Å². The van der Waals surface area contributed by atoms with Crippen LogP contribution in [0.5, 0.6) is 0 Å². The molecule has 0 spiro atoms. The Labute approximate surface area is 179 Å². The van der Waals surface area contributed by atoms with Gasteiger partial charge in [0.1, 0.15) is 0 Å². The predicted molar refractivity (Wildman–Crippen MR) is 132 cm³/mol. The molecule has 0 unspecified atom stereocenters. The van der Waals surface area contributed by atoms with E-state index in [1.807, 2.05) is 0 Å². The fraction of sp³-hybridized carbons (Fsp3) is 0.200. The molecule has 0 N–H and O–H groups in total. The van der Waals surface area contributed by atoms with Crippen LogP contribution in [0.25, 0.3) is 32.3 Å². The molecule has 148 valence electrons. The fourth-order valence-electron chi connectivity index (χ4n) is 4.83. The van der Waals surface area contributed by atoms with Crippen LogP contribution >= 0.6 is 0 Å². The Morgan fingerprint density at radius 2 is 1.13 bits per heavy atom. The average Bonchev–Trinajstić information content (AvgIpc) is 2.79. The summed E-state index contributed by atoms with van der Waals surface area (Å²) >= 11 is 0. The molecule has 1 aliphatic carbocycles. The maximum Gasteiger partial charge on any atom is -0.0102 e. The Hall–Kier alpha value is -3.12. The second-order valence-electron chi connectivity index (χ2n) is 8.65. The molecule has 0 aromatic heterocycles. The van der Waals surface area contributed by atoms with Gasteiger partial charge in [0.25, 0.3) is 0 Å². The highest BCUT2D eigenvalue weighted by atomic mass is 14.2. The van der Waals surface area contributed by atoms with Crippen LogP contribution in [0.4, 0.5) is 0 Å². The van der Waals surface area contributed by atoms with Crippen molar-refractivity contribution in [3.63, 3.8) is 0 Å². The third-order valence-corrected chi connectivity index (χ3v) is 6.41. The van der Waals surface area contributed by atoms with Crippen LogP contribution in [0.1, 0.15) is 35.1 Å². The van der Waals surface area contributed by atoms with Gasteiger partial charge in [0.15, 0.2) is 0 Å². The fourth-order valence-corrected chi connectivity index (χ4v) is 4.83. The summed E-state index contributed by atoms with van der Waals surface area (Å²) in [6.45, 7) is 4.25. The van der Waals surface area contributed by atoms with Crippen molar-refractivity contribution in [2.24, 2.45) is 0 Å². The summed E-state index contributed by atoms with van der Waals surface area (Å²) in [6, 6.07) is 31.1. The molecule has 6 rings (SSSR count). The topological polar surface area (TPSA) is 0 Å². The van der Waals surface area contributed by atoms with Crippen LogP contribution in [-0.2, 0) is 12.8 Å². The average molecular weight is 389 g/mol. The van der Waals surface area contributed by atoms with Crippen molar-refractivity contribution in [3.05, 3.63) is 107 Å². The highest BCUT2D eigenvalue weighted by molar-refractivity contribution is 6.08. The zero-order valence-electron chi connectivity index (χ0n) is 17.9. The van der Waals surface area contributed by atoms with Crippen LogP contribution in [0.3, 0.4) is 0 Å². The number of rotatable bonds is 0. The predicted octanol–water partition coefficient (Wildman–Crippen LogP) is 8.33. The van der Waals surface area contributed by atoms with E-state index >= 15 is 0 Å². The molecular formula is C30H28. The quantitative estimate of drug-likeness (QED) is 0.234. The first-order valence-electron chi connectivity index (χ1n) is 11.1. The SMILES string of the molecule is Cc1ccc2cc(C)ccc2c1.c1ccc2c(c1)ccc1c3c(ccc12)CCCC3. The van der Waals surface area contributed by atoms with E-state index in [4.69, 9.17) is 0 Å². The minimum Gasteiger partial charge on any atom is -0.0616 e. The monoisotopic (exact) mass is 388 g/mol. The molecular weight excluding hydrogens is 360 g/mol. The first-order chi connectivity index (χ1) is 14.7. The maximum absolute atomic E-state index is 2.35. The first-order valence-corrected chi connectivity index (χ1v) is 11.1. The molecule has 1 aliphatic rings. The van der Waals surface area contributed by atoms with E-state index in [9.17, 15) is 0 Å². The number of aryl methyl sites for hydroxylation is 4. The van der Waals surface area contributed by atoms with Gasteiger partial charge in [0, 0.05) is 0 Å². The van der Waals surface area contributed by atoms with Crippen molar-refractivity contribution < 1.29 is 0 Å². The molecule has 30 heavy (non-hydrogen) atoms. The van der Waals surface area contributed by atoms with Gasteiger partial charge in [-0.3, -0.25) is 0 Å². The molecule has 0 aliphatic heterocycles. The normalized spacial score (nSPS) is 13.1. The molecule has 0 heteroatoms. The summed E-state index contributed by atoms with van der Waals surface area (Å²) in [7, 11) is 0. The molecule has 0 saturated carbocycles. The zero-order valence-corrected chi connectivity index (χ0v) is 17.9. The zero-order chi connectivity index (χ0) is 20.5. The standard InChI is InChI=1S/C18H16.C12H12/c1-3-7-15-13(5-1)9-11-18-16-8-4-2-6-14(16)10-12-17(15)18;1-9-3-5-12-8-10(2)4-6-11(12)7-9/h1,3,5,7,9-12H,2,4,6,8H2;3-8H,1-2H3. The lowest BCUT2D eigenvalue weighted by Crippen LogP contribution is -2.02. The summed E-state index contributed by atoms with van der Waals surface area (Å²) in [5, 5.41) is 8.31. The molecule has 0 nitrogen and oxygen atoms in total. The van der Waals surface area contributed by atoms with Crippen molar-refractivity contribution in [1.29, 1.82) is 0 Å². The molecule has 0 heterocycles. The lowest BCUT2D eigenvalue weighted by atomic mass is 9.86. The lowest BCUT2D eigenvalue weighted by molar-refractivity contribution is 0.690. The maximum atomic E-state index is 2.35. The van der Waals surface area contributed by atoms with Gasteiger partial charge in [0.05, 0.1) is 0 Å². The molecule has 0 saturated heterocycles. The van der Waals surface area contributed by atoms with Crippen LogP contribution in [0.15, 0.2) is 84.9 Å². The minimum atomic E-state index is 1.25. The van der Waals surface area contributed by atoms with Crippen molar-refractivity contribution in [1.82, 2.24) is 0 Å². The Bertz CT molecular complexity index is 1320. The Balaban J connectivity index is 0.000000140. The number of hydrogen-bond acceptors (Lipinski definition) is 0. The van der Waals surface area contributed by atoms with Crippen LogP contribution in [-0.4, -0.2) is 0 Å². The third-order valence-electron chi connectivity index (χ3n) is 6.41. The Morgan fingerprint density at radius 1 is 0.500 bits per heavy atom. The van der Waals surface area contributed by atoms with Gasteiger partial charge in [-0.2, -0.15) is 0 Å². The highest BCUT2D eigenvalue weighted by Crippen LogP contribution is 2.33. The summed E-state index contributed by atoms with van der Waals surface area (Å²) in [5.74, 6) is 0. The molecule has 0 radical (unpaired) electrons. The van der Waals surface area contributed by atoms with E-state index in [0.717, 1.165) is 0 Å². The van der Waals surface area contributed by atoms with Gasteiger partial charge in [0.2, 0.25) is 0 Å². The number of hydrogen-bond donors (Lipinski definition) is 0. The number of fused-ring (bicyclic) bond motifs is 6. The molecule has 0 amide bonds. The van der Waals surface area contributed by atoms with E-state index in [0.29, 0.717) is 0 Å². The summed E-state index contributed by atoms with van der Waals surface area (Å²) in [6.07, 6.45) is 5.22. The molecule has 0 fully saturated rings. The van der Waals surface area contributed by atoms with Crippen LogP contribution in [0, 0.1) is 13.8 Å². The second-order valence-corrected chi connectivity index (χ2v) is 8.65. The molecule has 0 bridgehead atoms. The first kappa shape index (κ1) is 18.9. The van der Waals surface area contributed by atoms with Gasteiger partial charge in [-0.15, -0.1) is 0 Å². The number of benzene rings is 5. The van der Waals surface area contributed by atoms with Crippen LogP contribution in [0.2, 0.25) is 0 Å². The smallest absolute Gasteiger partial charge is 0.0102 e. The van der Waals surface area contributed by atoms with Gasteiger partial charge >= 0.3 is 0 Å². The largest absolute Gasteiger partial charge is 0.0616 e. The van der Waals surface area contributed by atoms with E-state index in [1.165, 1.54) is 69.1 Å². The van der Waals surface area contributed by atoms with Gasteiger partial charge < -0.3 is 0 Å². The van der Waals surface area contributed by atoms with Gasteiger partial charge in [-0.25, -0.2) is 0 Å². The van der Waals surface area contributed by atoms with E-state index in [1.54, 1.807) is 11.1 Å². The lowest BCUT2D eigenvalue weighted by Gasteiger charge is -2.18. The molecule has 5 aromatic rings. The molecule has 5 aromatic carbocycles. The Kier molecular flexibility index (Phi) is 5.01. The van der Waals surface area contributed by atoms with E-state index < -0.39 is 0 Å². The summed E-state index contributed by atoms with van der Waals surface area (Å²) in [4.78, 5) is 0.